The third-order valence-electron chi connectivity index (χ3n) is 4.42. The van der Waals surface area contributed by atoms with Gasteiger partial charge in [0.15, 0.2) is 0 Å². The summed E-state index contributed by atoms with van der Waals surface area (Å²) < 4.78 is 5.48. The van der Waals surface area contributed by atoms with Gasteiger partial charge in [0.1, 0.15) is 0 Å². The molecule has 20 heavy (non-hydrogen) atoms. The second kappa shape index (κ2) is 12.6. The zero-order valence-corrected chi connectivity index (χ0v) is 13.6. The van der Waals surface area contributed by atoms with E-state index >= 15 is 0 Å². The SMILES string of the molecule is CCCCCCCCCCCCN1CCOCC1CN. The first-order valence-corrected chi connectivity index (χ1v) is 8.90. The molecule has 1 saturated heterocycles. The van der Waals surface area contributed by atoms with Gasteiger partial charge in [0.05, 0.1) is 13.2 Å². The molecular weight excluding hydrogens is 248 g/mol. The Hall–Kier alpha value is -0.120. The molecule has 1 fully saturated rings. The van der Waals surface area contributed by atoms with Crippen LogP contribution >= 0.6 is 0 Å². The zero-order chi connectivity index (χ0) is 14.5. The monoisotopic (exact) mass is 284 g/mol. The standard InChI is InChI=1S/C17H36N2O/c1-2-3-4-5-6-7-8-9-10-11-12-19-13-14-20-16-17(19)15-18/h17H,2-16,18H2,1H3. The van der Waals surface area contributed by atoms with Crippen LogP contribution in [0, 0.1) is 0 Å². The molecule has 0 aromatic heterocycles. The first kappa shape index (κ1) is 17.9. The van der Waals surface area contributed by atoms with Gasteiger partial charge in [0, 0.05) is 19.1 Å². The summed E-state index contributed by atoms with van der Waals surface area (Å²) in [7, 11) is 0. The summed E-state index contributed by atoms with van der Waals surface area (Å²) >= 11 is 0. The van der Waals surface area contributed by atoms with Crippen molar-refractivity contribution < 1.29 is 4.74 Å². The Morgan fingerprint density at radius 2 is 1.55 bits per heavy atom. The lowest BCUT2D eigenvalue weighted by molar-refractivity contribution is -0.00446. The smallest absolute Gasteiger partial charge is 0.0634 e. The van der Waals surface area contributed by atoms with Crippen molar-refractivity contribution in [1.29, 1.82) is 0 Å². The van der Waals surface area contributed by atoms with Crippen molar-refractivity contribution in [2.75, 3.05) is 32.8 Å². The predicted molar refractivity (Wildman–Crippen MR) is 87.1 cm³/mol. The molecule has 0 amide bonds. The van der Waals surface area contributed by atoms with Crippen LogP contribution in [0.5, 0.6) is 0 Å². The molecular formula is C17H36N2O. The van der Waals surface area contributed by atoms with Gasteiger partial charge in [-0.1, -0.05) is 64.7 Å². The fourth-order valence-electron chi connectivity index (χ4n) is 3.00. The maximum Gasteiger partial charge on any atom is 0.0634 e. The molecule has 1 heterocycles. The summed E-state index contributed by atoms with van der Waals surface area (Å²) in [5, 5.41) is 0. The molecule has 0 aromatic carbocycles. The molecule has 0 spiro atoms. The van der Waals surface area contributed by atoms with Crippen molar-refractivity contribution in [3.63, 3.8) is 0 Å². The van der Waals surface area contributed by atoms with Crippen molar-refractivity contribution in [3.8, 4) is 0 Å². The zero-order valence-electron chi connectivity index (χ0n) is 13.6. The summed E-state index contributed by atoms with van der Waals surface area (Å²) in [5.41, 5.74) is 5.79. The topological polar surface area (TPSA) is 38.5 Å². The molecule has 0 saturated carbocycles. The van der Waals surface area contributed by atoms with Crippen LogP contribution in [0.1, 0.15) is 71.1 Å². The molecule has 1 atom stereocenters. The van der Waals surface area contributed by atoms with Gasteiger partial charge in [-0.3, -0.25) is 4.90 Å². The molecule has 0 aliphatic carbocycles. The minimum atomic E-state index is 0.460. The summed E-state index contributed by atoms with van der Waals surface area (Å²) in [4.78, 5) is 2.52. The van der Waals surface area contributed by atoms with Crippen LogP contribution in [0.2, 0.25) is 0 Å². The van der Waals surface area contributed by atoms with E-state index in [4.69, 9.17) is 10.5 Å². The number of morpholine rings is 1. The maximum absolute atomic E-state index is 5.79. The first-order chi connectivity index (χ1) is 9.88. The lowest BCUT2D eigenvalue weighted by Gasteiger charge is -2.34. The minimum Gasteiger partial charge on any atom is -0.378 e. The van der Waals surface area contributed by atoms with E-state index in [1.165, 1.54) is 70.8 Å². The summed E-state index contributed by atoms with van der Waals surface area (Å²) in [5.74, 6) is 0. The Kier molecular flexibility index (Phi) is 11.3. The van der Waals surface area contributed by atoms with E-state index in [9.17, 15) is 0 Å². The molecule has 3 nitrogen and oxygen atoms in total. The average Bonchev–Trinajstić information content (AvgIpc) is 2.49. The second-order valence-corrected chi connectivity index (χ2v) is 6.18. The Morgan fingerprint density at radius 3 is 2.15 bits per heavy atom. The van der Waals surface area contributed by atoms with E-state index in [1.54, 1.807) is 0 Å². The molecule has 1 aliphatic heterocycles. The van der Waals surface area contributed by atoms with Gasteiger partial charge in [-0.25, -0.2) is 0 Å². The molecule has 1 rings (SSSR count). The predicted octanol–water partition coefficient (Wildman–Crippen LogP) is 3.57. The highest BCUT2D eigenvalue weighted by atomic mass is 16.5. The van der Waals surface area contributed by atoms with Crippen LogP contribution < -0.4 is 5.73 Å². The van der Waals surface area contributed by atoms with Gasteiger partial charge in [0.2, 0.25) is 0 Å². The van der Waals surface area contributed by atoms with Gasteiger partial charge in [0.25, 0.3) is 0 Å². The van der Waals surface area contributed by atoms with Crippen LogP contribution in [0.3, 0.4) is 0 Å². The Balaban J connectivity index is 1.86. The van der Waals surface area contributed by atoms with Crippen molar-refractivity contribution >= 4 is 0 Å². The first-order valence-electron chi connectivity index (χ1n) is 8.90. The third kappa shape index (κ3) is 8.23. The van der Waals surface area contributed by atoms with E-state index in [2.05, 4.69) is 11.8 Å². The lowest BCUT2D eigenvalue weighted by Crippen LogP contribution is -2.49. The quantitative estimate of drug-likeness (QED) is 0.557. The Morgan fingerprint density at radius 1 is 0.950 bits per heavy atom. The number of nitrogens with zero attached hydrogens (tertiary/aromatic N) is 1. The van der Waals surface area contributed by atoms with Crippen LogP contribution in [0.4, 0.5) is 0 Å². The summed E-state index contributed by atoms with van der Waals surface area (Å²) in [6, 6.07) is 0.460. The van der Waals surface area contributed by atoms with Crippen molar-refractivity contribution in [3.05, 3.63) is 0 Å². The van der Waals surface area contributed by atoms with E-state index in [0.717, 1.165) is 26.3 Å². The molecule has 120 valence electrons. The van der Waals surface area contributed by atoms with E-state index in [1.807, 2.05) is 0 Å². The van der Waals surface area contributed by atoms with Gasteiger partial charge in [-0.2, -0.15) is 0 Å². The number of hydrogen-bond donors (Lipinski definition) is 1. The third-order valence-corrected chi connectivity index (χ3v) is 4.42. The fraction of sp³-hybridized carbons (Fsp3) is 1.00. The molecule has 3 heteroatoms. The molecule has 1 unspecified atom stereocenters. The van der Waals surface area contributed by atoms with Crippen LogP contribution in [-0.2, 0) is 4.74 Å². The maximum atomic E-state index is 5.79. The lowest BCUT2D eigenvalue weighted by atomic mass is 10.1. The van der Waals surface area contributed by atoms with E-state index < -0.39 is 0 Å². The largest absolute Gasteiger partial charge is 0.378 e. The van der Waals surface area contributed by atoms with Gasteiger partial charge < -0.3 is 10.5 Å². The fourth-order valence-corrected chi connectivity index (χ4v) is 3.00. The Labute approximate surface area is 126 Å². The summed E-state index contributed by atoms with van der Waals surface area (Å²) in [6.45, 7) is 7.00. The molecule has 0 radical (unpaired) electrons. The number of hydrogen-bond acceptors (Lipinski definition) is 3. The van der Waals surface area contributed by atoms with Crippen LogP contribution in [0.25, 0.3) is 0 Å². The number of rotatable bonds is 12. The van der Waals surface area contributed by atoms with Crippen molar-refractivity contribution in [2.24, 2.45) is 5.73 Å². The second-order valence-electron chi connectivity index (χ2n) is 6.18. The highest BCUT2D eigenvalue weighted by molar-refractivity contribution is 4.75. The van der Waals surface area contributed by atoms with Crippen LogP contribution in [0.15, 0.2) is 0 Å². The molecule has 0 aromatic rings. The molecule has 1 aliphatic rings. The normalized spacial score (nSPS) is 20.4. The number of nitrogens with two attached hydrogens (primary N) is 1. The number of unbranched alkanes of at least 4 members (excludes halogenated alkanes) is 9. The Bertz CT molecular complexity index is 211. The average molecular weight is 284 g/mol. The van der Waals surface area contributed by atoms with Gasteiger partial charge in [-0.15, -0.1) is 0 Å². The minimum absolute atomic E-state index is 0.460. The highest BCUT2D eigenvalue weighted by Gasteiger charge is 2.20. The molecule has 2 N–H and O–H groups in total. The van der Waals surface area contributed by atoms with E-state index in [-0.39, 0.29) is 0 Å². The van der Waals surface area contributed by atoms with Crippen molar-refractivity contribution in [2.45, 2.75) is 77.2 Å². The van der Waals surface area contributed by atoms with Gasteiger partial charge in [-0.05, 0) is 13.0 Å². The number of ether oxygens (including phenoxy) is 1. The van der Waals surface area contributed by atoms with Crippen LogP contribution in [-0.4, -0.2) is 43.8 Å². The molecule has 0 bridgehead atoms. The summed E-state index contributed by atoms with van der Waals surface area (Å²) in [6.07, 6.45) is 14.1. The highest BCUT2D eigenvalue weighted by Crippen LogP contribution is 2.12. The van der Waals surface area contributed by atoms with E-state index in [0.29, 0.717) is 6.04 Å². The van der Waals surface area contributed by atoms with Crippen molar-refractivity contribution in [1.82, 2.24) is 4.90 Å². The van der Waals surface area contributed by atoms with Gasteiger partial charge >= 0.3 is 0 Å².